The lowest BCUT2D eigenvalue weighted by molar-refractivity contribution is 0.0930. The summed E-state index contributed by atoms with van der Waals surface area (Å²) in [5, 5.41) is 2.98. The van der Waals surface area contributed by atoms with Crippen LogP contribution in [0.3, 0.4) is 0 Å². The van der Waals surface area contributed by atoms with Gasteiger partial charge in [-0.15, -0.1) is 0 Å². The summed E-state index contributed by atoms with van der Waals surface area (Å²) in [6.07, 6.45) is 2.77. The van der Waals surface area contributed by atoms with Crippen LogP contribution in [-0.4, -0.2) is 75.4 Å². The molecular formula is C25H34N4O3S. The second-order valence-electron chi connectivity index (χ2n) is 8.88. The Hall–Kier alpha value is -2.42. The number of piperidine rings is 1. The number of carbonyl (C=O) groups excluding carboxylic acids is 1. The highest BCUT2D eigenvalue weighted by molar-refractivity contribution is 7.89. The molecule has 2 aliphatic heterocycles. The van der Waals surface area contributed by atoms with Gasteiger partial charge >= 0.3 is 0 Å². The standard InChI is InChI=1S/C25H34N4O3S/c1-21(27-16-18-28(19-17-27)22-10-4-2-5-11-22)20-26-25(30)23-12-6-7-13-24(23)33(31,32)29-14-8-3-9-15-29/h2,4-7,10-13,21H,3,8-9,14-20H2,1H3,(H,26,30). The van der Waals surface area contributed by atoms with Crippen molar-refractivity contribution in [3.8, 4) is 0 Å². The minimum Gasteiger partial charge on any atom is -0.369 e. The maximum absolute atomic E-state index is 13.2. The van der Waals surface area contributed by atoms with E-state index in [-0.39, 0.29) is 22.4 Å². The molecule has 8 heteroatoms. The molecule has 2 fully saturated rings. The number of piperazine rings is 1. The first-order valence-electron chi connectivity index (χ1n) is 11.9. The number of hydrogen-bond donors (Lipinski definition) is 1. The summed E-state index contributed by atoms with van der Waals surface area (Å²) in [5.74, 6) is -0.332. The summed E-state index contributed by atoms with van der Waals surface area (Å²) in [5.41, 5.74) is 1.47. The van der Waals surface area contributed by atoms with Crippen LogP contribution in [-0.2, 0) is 10.0 Å². The highest BCUT2D eigenvalue weighted by Gasteiger charge is 2.30. The number of nitrogens with one attached hydrogen (secondary N) is 1. The van der Waals surface area contributed by atoms with Gasteiger partial charge in [0.25, 0.3) is 5.91 Å². The van der Waals surface area contributed by atoms with Crippen LogP contribution in [0, 0.1) is 0 Å². The first-order valence-corrected chi connectivity index (χ1v) is 13.3. The number of amides is 1. The van der Waals surface area contributed by atoms with Gasteiger partial charge in [-0.25, -0.2) is 8.42 Å². The van der Waals surface area contributed by atoms with Crippen LogP contribution in [0.4, 0.5) is 5.69 Å². The minimum absolute atomic E-state index is 0.105. The third-order valence-corrected chi connectivity index (χ3v) is 8.64. The van der Waals surface area contributed by atoms with Crippen molar-refractivity contribution in [1.29, 1.82) is 0 Å². The zero-order chi connectivity index (χ0) is 23.3. The number of benzene rings is 2. The number of carbonyl (C=O) groups is 1. The Morgan fingerprint density at radius 1 is 0.879 bits per heavy atom. The molecule has 1 N–H and O–H groups in total. The molecule has 7 nitrogen and oxygen atoms in total. The Morgan fingerprint density at radius 2 is 1.52 bits per heavy atom. The third kappa shape index (κ3) is 5.57. The monoisotopic (exact) mass is 470 g/mol. The van der Waals surface area contributed by atoms with E-state index < -0.39 is 10.0 Å². The molecule has 1 unspecified atom stereocenters. The SMILES string of the molecule is CC(CNC(=O)c1ccccc1S(=O)(=O)N1CCCCC1)N1CCN(c2ccccc2)CC1. The van der Waals surface area contributed by atoms with Crippen molar-refractivity contribution in [3.05, 3.63) is 60.2 Å². The van der Waals surface area contributed by atoms with Gasteiger partial charge in [-0.05, 0) is 44.0 Å². The van der Waals surface area contributed by atoms with Gasteiger partial charge in [0.2, 0.25) is 10.0 Å². The molecule has 33 heavy (non-hydrogen) atoms. The average Bonchev–Trinajstić information content (AvgIpc) is 2.88. The van der Waals surface area contributed by atoms with Crippen molar-refractivity contribution in [2.75, 3.05) is 50.7 Å². The molecule has 0 aliphatic carbocycles. The Balaban J connectivity index is 1.35. The first kappa shape index (κ1) is 23.7. The van der Waals surface area contributed by atoms with Crippen molar-refractivity contribution < 1.29 is 13.2 Å². The molecule has 2 aliphatic rings. The minimum atomic E-state index is -3.67. The van der Waals surface area contributed by atoms with Crippen LogP contribution in [0.5, 0.6) is 0 Å². The van der Waals surface area contributed by atoms with Crippen molar-refractivity contribution >= 4 is 21.6 Å². The molecule has 0 radical (unpaired) electrons. The number of hydrogen-bond acceptors (Lipinski definition) is 5. The van der Waals surface area contributed by atoms with E-state index in [1.54, 1.807) is 24.3 Å². The molecule has 1 atom stereocenters. The van der Waals surface area contributed by atoms with E-state index in [0.29, 0.717) is 19.6 Å². The van der Waals surface area contributed by atoms with E-state index in [1.165, 1.54) is 9.99 Å². The number of anilines is 1. The normalized spacial score (nSPS) is 19.2. The lowest BCUT2D eigenvalue weighted by Gasteiger charge is -2.39. The van der Waals surface area contributed by atoms with Gasteiger partial charge in [0.15, 0.2) is 0 Å². The summed E-state index contributed by atoms with van der Waals surface area (Å²) in [7, 11) is -3.67. The van der Waals surface area contributed by atoms with Crippen molar-refractivity contribution in [2.45, 2.75) is 37.1 Å². The van der Waals surface area contributed by atoms with Gasteiger partial charge in [0.1, 0.15) is 0 Å². The topological polar surface area (TPSA) is 73.0 Å². The third-order valence-electron chi connectivity index (χ3n) is 6.68. The molecule has 2 saturated heterocycles. The molecule has 178 valence electrons. The smallest absolute Gasteiger partial charge is 0.252 e. The zero-order valence-electron chi connectivity index (χ0n) is 19.3. The largest absolute Gasteiger partial charge is 0.369 e. The molecule has 0 aromatic heterocycles. The lowest BCUT2D eigenvalue weighted by Crippen LogP contribution is -2.52. The maximum atomic E-state index is 13.2. The van der Waals surface area contributed by atoms with Gasteiger partial charge in [-0.3, -0.25) is 9.69 Å². The summed E-state index contributed by atoms with van der Waals surface area (Å²) >= 11 is 0. The van der Waals surface area contributed by atoms with Gasteiger partial charge in [0, 0.05) is 57.5 Å². The van der Waals surface area contributed by atoms with Crippen molar-refractivity contribution in [3.63, 3.8) is 0 Å². The van der Waals surface area contributed by atoms with E-state index in [9.17, 15) is 13.2 Å². The van der Waals surface area contributed by atoms with Crippen LogP contribution >= 0.6 is 0 Å². The van der Waals surface area contributed by atoms with Gasteiger partial charge < -0.3 is 10.2 Å². The Morgan fingerprint density at radius 3 is 2.21 bits per heavy atom. The molecule has 0 bridgehead atoms. The van der Waals surface area contributed by atoms with E-state index in [1.807, 2.05) is 6.07 Å². The van der Waals surface area contributed by atoms with Gasteiger partial charge in [-0.2, -0.15) is 4.31 Å². The average molecular weight is 471 g/mol. The molecule has 2 aromatic rings. The molecule has 0 saturated carbocycles. The first-order chi connectivity index (χ1) is 16.0. The number of sulfonamides is 1. The van der Waals surface area contributed by atoms with Crippen LogP contribution in [0.15, 0.2) is 59.5 Å². The predicted molar refractivity (Wildman–Crippen MR) is 131 cm³/mol. The second-order valence-corrected chi connectivity index (χ2v) is 10.8. The molecule has 2 heterocycles. The molecule has 1 amide bonds. The second kappa shape index (κ2) is 10.7. The fourth-order valence-corrected chi connectivity index (χ4v) is 6.35. The Labute approximate surface area is 197 Å². The van der Waals surface area contributed by atoms with E-state index >= 15 is 0 Å². The summed E-state index contributed by atoms with van der Waals surface area (Å²) in [6.45, 7) is 7.35. The van der Waals surface area contributed by atoms with Crippen LogP contribution < -0.4 is 10.2 Å². The number of nitrogens with zero attached hydrogens (tertiary/aromatic N) is 3. The molecule has 2 aromatic carbocycles. The van der Waals surface area contributed by atoms with Crippen LogP contribution in [0.1, 0.15) is 36.5 Å². The van der Waals surface area contributed by atoms with Gasteiger partial charge in [0.05, 0.1) is 10.5 Å². The van der Waals surface area contributed by atoms with E-state index in [2.05, 4.69) is 46.3 Å². The van der Waals surface area contributed by atoms with Crippen molar-refractivity contribution in [2.24, 2.45) is 0 Å². The van der Waals surface area contributed by atoms with Crippen molar-refractivity contribution in [1.82, 2.24) is 14.5 Å². The summed E-state index contributed by atoms with van der Waals surface area (Å²) < 4.78 is 27.9. The van der Waals surface area contributed by atoms with Crippen LogP contribution in [0.2, 0.25) is 0 Å². The summed E-state index contributed by atoms with van der Waals surface area (Å²) in [6, 6.07) is 17.1. The molecular weight excluding hydrogens is 436 g/mol. The fraction of sp³-hybridized carbons (Fsp3) is 0.480. The Kier molecular flexibility index (Phi) is 7.67. The fourth-order valence-electron chi connectivity index (χ4n) is 4.65. The quantitative estimate of drug-likeness (QED) is 0.674. The summed E-state index contributed by atoms with van der Waals surface area (Å²) in [4.78, 5) is 17.9. The van der Waals surface area contributed by atoms with E-state index in [4.69, 9.17) is 0 Å². The maximum Gasteiger partial charge on any atom is 0.252 e. The highest BCUT2D eigenvalue weighted by Crippen LogP contribution is 2.23. The Bertz CT molecular complexity index is 1030. The molecule has 4 rings (SSSR count). The number of rotatable bonds is 7. The zero-order valence-corrected chi connectivity index (χ0v) is 20.1. The van der Waals surface area contributed by atoms with E-state index in [0.717, 1.165) is 45.4 Å². The molecule has 0 spiro atoms. The van der Waals surface area contributed by atoms with Gasteiger partial charge in [-0.1, -0.05) is 36.8 Å². The highest BCUT2D eigenvalue weighted by atomic mass is 32.2. The lowest BCUT2D eigenvalue weighted by atomic mass is 10.2. The predicted octanol–water partition coefficient (Wildman–Crippen LogP) is 2.80. The van der Waals surface area contributed by atoms with Crippen LogP contribution in [0.25, 0.3) is 0 Å². The number of para-hydroxylation sites is 1.